The van der Waals surface area contributed by atoms with Gasteiger partial charge < -0.3 is 35.3 Å². The number of carbonyl (C=O) groups excluding carboxylic acids is 5. The Morgan fingerprint density at radius 3 is 1.79 bits per heavy atom. The fraction of sp³-hybridized carbons (Fsp3) is 0.170. The number of rotatable bonds is 13. The van der Waals surface area contributed by atoms with E-state index in [1.165, 1.54) is 18.2 Å². The molecule has 2 aromatic heterocycles. The number of pyridine rings is 2. The molecular formula is C47H44N6O9. The highest BCUT2D eigenvalue weighted by Crippen LogP contribution is 2.42. The Morgan fingerprint density at radius 1 is 0.629 bits per heavy atom. The van der Waals surface area contributed by atoms with E-state index in [1.807, 2.05) is 51.1 Å². The molecule has 6 rings (SSSR count). The molecule has 0 aliphatic carbocycles. The van der Waals surface area contributed by atoms with E-state index in [4.69, 9.17) is 14.2 Å². The number of anilines is 2. The van der Waals surface area contributed by atoms with Crippen molar-refractivity contribution in [2.24, 2.45) is 0 Å². The van der Waals surface area contributed by atoms with Crippen molar-refractivity contribution >= 4 is 41.5 Å². The monoisotopic (exact) mass is 836 g/mol. The smallest absolute Gasteiger partial charge is 0.419 e. The van der Waals surface area contributed by atoms with E-state index in [1.54, 1.807) is 85.5 Å². The van der Waals surface area contributed by atoms with Crippen LogP contribution in [0.5, 0.6) is 5.75 Å². The van der Waals surface area contributed by atoms with Crippen LogP contribution >= 0.6 is 0 Å². The van der Waals surface area contributed by atoms with Crippen LogP contribution < -0.4 is 21.3 Å². The number of ether oxygens (including phenoxy) is 3. The summed E-state index contributed by atoms with van der Waals surface area (Å²) < 4.78 is 15.5. The molecule has 2 heterocycles. The van der Waals surface area contributed by atoms with Crippen molar-refractivity contribution in [2.75, 3.05) is 10.6 Å². The zero-order valence-corrected chi connectivity index (χ0v) is 34.1. The zero-order valence-electron chi connectivity index (χ0n) is 34.1. The van der Waals surface area contributed by atoms with E-state index in [9.17, 15) is 29.1 Å². The van der Waals surface area contributed by atoms with Crippen molar-refractivity contribution in [3.8, 4) is 16.9 Å². The van der Waals surface area contributed by atoms with Crippen LogP contribution in [-0.4, -0.2) is 45.2 Å². The minimum absolute atomic E-state index is 0.0172. The third-order valence-corrected chi connectivity index (χ3v) is 9.26. The Labute approximate surface area is 357 Å². The second kappa shape index (κ2) is 20.3. The molecule has 0 atom stereocenters. The Hall–Kier alpha value is -8.07. The minimum Gasteiger partial charge on any atom is -0.507 e. The van der Waals surface area contributed by atoms with Gasteiger partial charge in [-0.2, -0.15) is 0 Å². The third-order valence-electron chi connectivity index (χ3n) is 9.26. The molecule has 0 aliphatic rings. The summed E-state index contributed by atoms with van der Waals surface area (Å²) in [7, 11) is 0. The van der Waals surface area contributed by atoms with Gasteiger partial charge >= 0.3 is 24.2 Å². The topological polar surface area (TPSA) is 207 Å². The van der Waals surface area contributed by atoms with Gasteiger partial charge in [0.25, 0.3) is 5.91 Å². The first-order valence-corrected chi connectivity index (χ1v) is 19.4. The lowest BCUT2D eigenvalue weighted by molar-refractivity contribution is 0.0641. The molecule has 5 N–H and O–H groups in total. The van der Waals surface area contributed by atoms with Crippen LogP contribution in [0.25, 0.3) is 11.1 Å². The molecule has 4 amide bonds. The molecule has 15 nitrogen and oxygen atoms in total. The molecule has 0 saturated heterocycles. The van der Waals surface area contributed by atoms with E-state index in [0.717, 1.165) is 16.7 Å². The Bertz CT molecular complexity index is 2530. The number of hydrogen-bond donors (Lipinski definition) is 5. The number of nitrogens with zero attached hydrogens (tertiary/aromatic N) is 2. The van der Waals surface area contributed by atoms with Crippen molar-refractivity contribution in [1.82, 2.24) is 20.6 Å². The number of amides is 4. The zero-order chi connectivity index (χ0) is 44.1. The second-order valence-corrected chi connectivity index (χ2v) is 14.9. The Kier molecular flexibility index (Phi) is 14.2. The average molecular weight is 837 g/mol. The van der Waals surface area contributed by atoms with Crippen LogP contribution in [0.3, 0.4) is 0 Å². The van der Waals surface area contributed by atoms with E-state index in [-0.39, 0.29) is 48.8 Å². The van der Waals surface area contributed by atoms with Gasteiger partial charge in [-0.15, -0.1) is 0 Å². The molecule has 4 aromatic carbocycles. The second-order valence-electron chi connectivity index (χ2n) is 14.9. The summed E-state index contributed by atoms with van der Waals surface area (Å²) in [5.74, 6) is -2.12. The number of aromatic hydroxyl groups is 1. The summed E-state index contributed by atoms with van der Waals surface area (Å²) in [4.78, 5) is 72.8. The normalized spacial score (nSPS) is 10.8. The number of phenolic OH excluding ortho intramolecular Hbond substituents is 1. The molecule has 0 radical (unpaired) electrons. The Balaban J connectivity index is 1.14. The van der Waals surface area contributed by atoms with Crippen LogP contribution in [0.1, 0.15) is 69.3 Å². The molecule has 6 aromatic rings. The lowest BCUT2D eigenvalue weighted by atomic mass is 9.80. The van der Waals surface area contributed by atoms with Gasteiger partial charge in [-0.3, -0.25) is 20.1 Å². The van der Waals surface area contributed by atoms with Gasteiger partial charge in [0.2, 0.25) is 0 Å². The lowest BCUT2D eigenvalue weighted by Gasteiger charge is -2.29. The maximum atomic E-state index is 13.9. The largest absolute Gasteiger partial charge is 0.507 e. The fourth-order valence-corrected chi connectivity index (χ4v) is 6.28. The van der Waals surface area contributed by atoms with Crippen molar-refractivity contribution < 1.29 is 43.3 Å². The predicted molar refractivity (Wildman–Crippen MR) is 230 cm³/mol. The first-order chi connectivity index (χ1) is 29.8. The van der Waals surface area contributed by atoms with E-state index in [0.29, 0.717) is 22.3 Å². The molecule has 0 bridgehead atoms. The molecule has 0 aliphatic heterocycles. The van der Waals surface area contributed by atoms with E-state index in [2.05, 4.69) is 31.2 Å². The predicted octanol–water partition coefficient (Wildman–Crippen LogP) is 8.64. The number of carbonyl (C=O) groups is 5. The van der Waals surface area contributed by atoms with Crippen molar-refractivity contribution in [2.45, 2.75) is 52.5 Å². The molecule has 15 heteroatoms. The van der Waals surface area contributed by atoms with Gasteiger partial charge in [-0.1, -0.05) is 87.5 Å². The highest BCUT2D eigenvalue weighted by molar-refractivity contribution is 6.09. The maximum Gasteiger partial charge on any atom is 0.419 e. The highest BCUT2D eigenvalue weighted by atomic mass is 16.6. The quantitative estimate of drug-likeness (QED) is 0.0423. The molecule has 316 valence electrons. The maximum absolute atomic E-state index is 13.9. The lowest BCUT2D eigenvalue weighted by Crippen LogP contribution is -2.24. The Morgan fingerprint density at radius 2 is 1.23 bits per heavy atom. The molecule has 0 fully saturated rings. The average Bonchev–Trinajstić information content (AvgIpc) is 3.27. The van der Waals surface area contributed by atoms with Crippen molar-refractivity contribution in [1.29, 1.82) is 0 Å². The first kappa shape index (κ1) is 43.5. The van der Waals surface area contributed by atoms with Crippen molar-refractivity contribution in [3.63, 3.8) is 0 Å². The highest BCUT2D eigenvalue weighted by Gasteiger charge is 2.28. The molecule has 0 saturated carbocycles. The number of nitrogens with one attached hydrogen (secondary N) is 4. The van der Waals surface area contributed by atoms with Gasteiger partial charge in [0, 0.05) is 54.6 Å². The molecule has 0 unspecified atom stereocenters. The summed E-state index contributed by atoms with van der Waals surface area (Å²) in [6, 6.07) is 30.6. The summed E-state index contributed by atoms with van der Waals surface area (Å²) in [5.41, 5.74) is 4.78. The van der Waals surface area contributed by atoms with E-state index >= 15 is 0 Å². The summed E-state index contributed by atoms with van der Waals surface area (Å²) >= 11 is 0. The summed E-state index contributed by atoms with van der Waals surface area (Å²) in [6.45, 7) is 6.11. The standard InChI is InChI=1S/C47H44N6O9/c1-47(2,3)40-36(34-11-5-4-6-12-34)19-20-38(41(40)53-42(55)35-16-13-30(14-17-35)26-50-44(57)60-28-32-9-7-21-48-24-32)52-46(59)62-43(56)37-18-15-31(23-39(37)54)27-51-45(58)61-29-33-10-8-22-49-25-33/h4-25,54H,26-29H2,1-3H3,(H,50,57)(H,51,58)(H,52,59)(H,53,55). The molecule has 0 spiro atoms. The minimum atomic E-state index is -1.17. The third kappa shape index (κ3) is 12.0. The summed E-state index contributed by atoms with van der Waals surface area (Å²) in [5, 5.41) is 21.5. The van der Waals surface area contributed by atoms with Crippen LogP contribution in [0.4, 0.5) is 25.8 Å². The number of aromatic nitrogens is 2. The molecule has 62 heavy (non-hydrogen) atoms. The van der Waals surface area contributed by atoms with Crippen LogP contribution in [0.15, 0.2) is 134 Å². The van der Waals surface area contributed by atoms with Gasteiger partial charge in [0.15, 0.2) is 0 Å². The fourth-order valence-electron chi connectivity index (χ4n) is 6.28. The van der Waals surface area contributed by atoms with E-state index < -0.39 is 41.3 Å². The van der Waals surface area contributed by atoms with Crippen LogP contribution in [-0.2, 0) is 45.9 Å². The number of phenols is 1. The SMILES string of the molecule is CC(C)(C)c1c(-c2ccccc2)ccc(NC(=O)OC(=O)c2ccc(CNC(=O)OCc3cccnc3)cc2O)c1NC(=O)c1ccc(CNC(=O)OCc2cccnc2)cc1. The van der Waals surface area contributed by atoms with Gasteiger partial charge in [0.05, 0.1) is 11.4 Å². The first-order valence-electron chi connectivity index (χ1n) is 19.4. The van der Waals surface area contributed by atoms with Gasteiger partial charge in [0.1, 0.15) is 24.5 Å². The van der Waals surface area contributed by atoms with Gasteiger partial charge in [-0.25, -0.2) is 19.2 Å². The molecular weight excluding hydrogens is 793 g/mol. The van der Waals surface area contributed by atoms with Crippen molar-refractivity contribution in [3.05, 3.63) is 173 Å². The number of alkyl carbamates (subject to hydrolysis) is 2. The van der Waals surface area contributed by atoms with Crippen LogP contribution in [0.2, 0.25) is 0 Å². The number of hydrogen-bond acceptors (Lipinski definition) is 11. The van der Waals surface area contributed by atoms with Crippen LogP contribution in [0, 0.1) is 0 Å². The number of benzene rings is 4. The van der Waals surface area contributed by atoms with Gasteiger partial charge in [-0.05, 0) is 75.7 Å². The summed E-state index contributed by atoms with van der Waals surface area (Å²) in [6.07, 6.45) is 3.93. The number of esters is 1.